The standard InChI is InChI=1S/C36H51N7O4/c1-3-5-6-7-21-42-31(11-10-12-32(42)41-19-8-9-20-41)39-35(45)30-22-27-17-18-28(33(37)40-36(46)47-4-2)23-29(27)43(30)24-25-13-15-26(16-14-25)34(38)44/h13-18,23,30-32H,3-12,19-22,24H2,1-2H3,(H2,38,44)(H,39,45)(H2,37,40,46). The van der Waals surface area contributed by atoms with Gasteiger partial charge in [0.05, 0.1) is 18.9 Å². The molecule has 2 saturated heterocycles. The second-order valence-corrected chi connectivity index (χ2v) is 13.0. The number of piperidine rings is 1. The van der Waals surface area contributed by atoms with Crippen molar-refractivity contribution in [3.8, 4) is 0 Å². The number of nitrogens with zero attached hydrogens (tertiary/aromatic N) is 3. The number of carbonyl (C=O) groups excluding carboxylic acids is 3. The Morgan fingerprint density at radius 2 is 1.70 bits per heavy atom. The third-order valence-electron chi connectivity index (χ3n) is 9.73. The summed E-state index contributed by atoms with van der Waals surface area (Å²) in [5, 5.41) is 14.5. The first kappa shape index (κ1) is 34.4. The molecule has 2 aromatic carbocycles. The minimum Gasteiger partial charge on any atom is -0.450 e. The van der Waals surface area contributed by atoms with Crippen molar-refractivity contribution in [2.24, 2.45) is 5.73 Å². The van der Waals surface area contributed by atoms with Gasteiger partial charge in [-0.3, -0.25) is 30.1 Å². The number of unbranched alkanes of at least 4 members (excludes halogenated alkanes) is 3. The number of primary amides is 1. The van der Waals surface area contributed by atoms with E-state index < -0.39 is 18.0 Å². The number of amidine groups is 1. The maximum Gasteiger partial charge on any atom is 0.412 e. The summed E-state index contributed by atoms with van der Waals surface area (Å²) >= 11 is 0. The van der Waals surface area contributed by atoms with Crippen LogP contribution in [0.5, 0.6) is 0 Å². The van der Waals surface area contributed by atoms with Crippen LogP contribution in [0.25, 0.3) is 0 Å². The van der Waals surface area contributed by atoms with Crippen molar-refractivity contribution in [2.75, 3.05) is 31.1 Å². The molecule has 3 aliphatic rings. The van der Waals surface area contributed by atoms with Crippen LogP contribution in [0.1, 0.15) is 98.7 Å². The van der Waals surface area contributed by atoms with Crippen LogP contribution in [0, 0.1) is 5.41 Å². The molecule has 5 N–H and O–H groups in total. The molecule has 11 heteroatoms. The number of nitrogens with two attached hydrogens (primary N) is 1. The molecule has 0 spiro atoms. The molecule has 47 heavy (non-hydrogen) atoms. The molecule has 3 heterocycles. The van der Waals surface area contributed by atoms with Crippen LogP contribution in [0.3, 0.4) is 0 Å². The zero-order chi connectivity index (χ0) is 33.3. The Morgan fingerprint density at radius 3 is 2.40 bits per heavy atom. The molecule has 0 bridgehead atoms. The van der Waals surface area contributed by atoms with E-state index in [4.69, 9.17) is 15.9 Å². The quantitative estimate of drug-likeness (QED) is 0.140. The monoisotopic (exact) mass is 645 g/mol. The highest BCUT2D eigenvalue weighted by atomic mass is 16.5. The minimum absolute atomic E-state index is 0.0122. The number of hydrogen-bond acceptors (Lipinski definition) is 8. The van der Waals surface area contributed by atoms with Crippen LogP contribution in [0.2, 0.25) is 0 Å². The fraction of sp³-hybridized carbons (Fsp3) is 0.556. The van der Waals surface area contributed by atoms with Gasteiger partial charge >= 0.3 is 6.09 Å². The lowest BCUT2D eigenvalue weighted by molar-refractivity contribution is -0.126. The third kappa shape index (κ3) is 8.50. The van der Waals surface area contributed by atoms with E-state index in [9.17, 15) is 14.4 Å². The molecule has 0 aromatic heterocycles. The fourth-order valence-corrected chi connectivity index (χ4v) is 7.29. The molecule has 0 saturated carbocycles. The normalized spacial score (nSPS) is 21.3. The predicted octanol–water partition coefficient (Wildman–Crippen LogP) is 4.72. The van der Waals surface area contributed by atoms with E-state index in [0.29, 0.717) is 30.3 Å². The Kier molecular flexibility index (Phi) is 11.9. The molecule has 3 amide bonds. The summed E-state index contributed by atoms with van der Waals surface area (Å²) in [5.74, 6) is -0.572. The van der Waals surface area contributed by atoms with Gasteiger partial charge in [0.2, 0.25) is 11.8 Å². The number of rotatable bonds is 13. The highest BCUT2D eigenvalue weighted by molar-refractivity contribution is 6.05. The van der Waals surface area contributed by atoms with Gasteiger partial charge in [-0.2, -0.15) is 0 Å². The Morgan fingerprint density at radius 1 is 0.957 bits per heavy atom. The molecule has 0 radical (unpaired) electrons. The Hall–Kier alpha value is -3.96. The Balaban J connectivity index is 1.38. The van der Waals surface area contributed by atoms with Crippen molar-refractivity contribution in [1.29, 1.82) is 5.41 Å². The first-order valence-electron chi connectivity index (χ1n) is 17.4. The average molecular weight is 646 g/mol. The molecule has 3 unspecified atom stereocenters. The molecule has 3 aliphatic heterocycles. The van der Waals surface area contributed by atoms with E-state index in [2.05, 4.69) is 32.3 Å². The number of hydrogen-bond donors (Lipinski definition) is 4. The van der Waals surface area contributed by atoms with Gasteiger partial charge in [0.15, 0.2) is 0 Å². The maximum atomic E-state index is 14.3. The summed E-state index contributed by atoms with van der Waals surface area (Å²) in [4.78, 5) is 45.3. The van der Waals surface area contributed by atoms with E-state index in [1.807, 2.05) is 24.3 Å². The second-order valence-electron chi connectivity index (χ2n) is 13.0. The largest absolute Gasteiger partial charge is 0.450 e. The van der Waals surface area contributed by atoms with Gasteiger partial charge in [0.1, 0.15) is 11.9 Å². The summed E-state index contributed by atoms with van der Waals surface area (Å²) in [6, 6.07) is 12.3. The van der Waals surface area contributed by atoms with Crippen LogP contribution in [-0.2, 0) is 22.5 Å². The minimum atomic E-state index is -0.680. The SMILES string of the molecule is CCCCCCN1C(NC(=O)C2Cc3ccc(C(=N)NC(=O)OCC)cc3N2Cc2ccc(C(N)=O)cc2)CCCC1N1CCCC1. The molecule has 0 aliphatic carbocycles. The topological polar surface area (TPSA) is 144 Å². The van der Waals surface area contributed by atoms with E-state index >= 15 is 0 Å². The van der Waals surface area contributed by atoms with E-state index in [0.717, 1.165) is 62.1 Å². The molecular weight excluding hydrogens is 594 g/mol. The zero-order valence-electron chi connectivity index (χ0n) is 27.9. The van der Waals surface area contributed by atoms with E-state index in [1.165, 1.54) is 32.1 Å². The summed E-state index contributed by atoms with van der Waals surface area (Å²) in [6.45, 7) is 7.80. The number of carbonyl (C=O) groups is 3. The number of ether oxygens (including phenoxy) is 1. The van der Waals surface area contributed by atoms with Gasteiger partial charge < -0.3 is 20.7 Å². The van der Waals surface area contributed by atoms with Crippen LogP contribution >= 0.6 is 0 Å². The summed E-state index contributed by atoms with van der Waals surface area (Å²) < 4.78 is 4.96. The summed E-state index contributed by atoms with van der Waals surface area (Å²) in [7, 11) is 0. The van der Waals surface area contributed by atoms with E-state index in [1.54, 1.807) is 25.1 Å². The lowest BCUT2D eigenvalue weighted by Crippen LogP contribution is -2.61. The van der Waals surface area contributed by atoms with Crippen molar-refractivity contribution in [2.45, 2.75) is 103 Å². The first-order chi connectivity index (χ1) is 22.8. The van der Waals surface area contributed by atoms with Gasteiger partial charge in [0.25, 0.3) is 0 Å². The second kappa shape index (κ2) is 16.2. The highest BCUT2D eigenvalue weighted by Gasteiger charge is 2.39. The number of alkyl carbamates (subject to hydrolysis) is 1. The van der Waals surface area contributed by atoms with Gasteiger partial charge in [-0.25, -0.2) is 4.79 Å². The Bertz CT molecular complexity index is 1410. The molecule has 2 aromatic rings. The van der Waals surface area contributed by atoms with Crippen LogP contribution in [-0.4, -0.2) is 78.2 Å². The molecule has 5 rings (SSSR count). The Labute approximate surface area is 278 Å². The summed E-state index contributed by atoms with van der Waals surface area (Å²) in [6.07, 6.45) is 10.5. The number of anilines is 1. The third-order valence-corrected chi connectivity index (χ3v) is 9.73. The van der Waals surface area contributed by atoms with Crippen molar-refractivity contribution in [3.05, 3.63) is 64.7 Å². The van der Waals surface area contributed by atoms with Crippen molar-refractivity contribution < 1.29 is 19.1 Å². The van der Waals surface area contributed by atoms with Crippen molar-refractivity contribution in [1.82, 2.24) is 20.4 Å². The number of benzene rings is 2. The van der Waals surface area contributed by atoms with Crippen molar-refractivity contribution in [3.63, 3.8) is 0 Å². The smallest absolute Gasteiger partial charge is 0.412 e. The van der Waals surface area contributed by atoms with Crippen LogP contribution in [0.15, 0.2) is 42.5 Å². The van der Waals surface area contributed by atoms with Crippen molar-refractivity contribution >= 4 is 29.4 Å². The lowest BCUT2D eigenvalue weighted by atomic mass is 10.0. The van der Waals surface area contributed by atoms with Gasteiger partial charge in [-0.1, -0.05) is 50.5 Å². The van der Waals surface area contributed by atoms with Crippen LogP contribution in [0.4, 0.5) is 10.5 Å². The number of likely N-dealkylation sites (tertiary alicyclic amines) is 2. The van der Waals surface area contributed by atoms with E-state index in [-0.39, 0.29) is 24.5 Å². The number of fused-ring (bicyclic) bond motifs is 1. The lowest BCUT2D eigenvalue weighted by Gasteiger charge is -2.46. The molecule has 2 fully saturated rings. The van der Waals surface area contributed by atoms with Crippen LogP contribution < -0.4 is 21.3 Å². The van der Waals surface area contributed by atoms with Gasteiger partial charge in [-0.15, -0.1) is 0 Å². The van der Waals surface area contributed by atoms with Gasteiger partial charge in [0, 0.05) is 36.3 Å². The predicted molar refractivity (Wildman–Crippen MR) is 183 cm³/mol. The zero-order valence-corrected chi connectivity index (χ0v) is 27.9. The average Bonchev–Trinajstić information content (AvgIpc) is 3.72. The molecule has 11 nitrogen and oxygen atoms in total. The molecule has 3 atom stereocenters. The summed E-state index contributed by atoms with van der Waals surface area (Å²) in [5.41, 5.74) is 9.19. The maximum absolute atomic E-state index is 14.3. The molecule has 254 valence electrons. The highest BCUT2D eigenvalue weighted by Crippen LogP contribution is 2.35. The first-order valence-corrected chi connectivity index (χ1v) is 17.4. The number of nitrogens with one attached hydrogen (secondary N) is 3. The number of amides is 3. The molecular formula is C36H51N7O4. The van der Waals surface area contributed by atoms with Gasteiger partial charge in [-0.05, 0) is 87.9 Å². The fourth-order valence-electron chi connectivity index (χ4n) is 7.29.